The second-order valence-electron chi connectivity index (χ2n) is 2.29. The zero-order valence-electron chi connectivity index (χ0n) is 7.14. The maximum atomic E-state index is 8.48. The van der Waals surface area contributed by atoms with E-state index in [0.717, 1.165) is 3.72 Å². The van der Waals surface area contributed by atoms with Crippen molar-refractivity contribution in [3.05, 3.63) is 29.8 Å². The molecule has 1 aromatic rings. The lowest BCUT2D eigenvalue weighted by Gasteiger charge is -1.88. The molecule has 2 N–H and O–H groups in total. The van der Waals surface area contributed by atoms with Gasteiger partial charge in [0.15, 0.2) is 11.5 Å². The fourth-order valence-corrected chi connectivity index (χ4v) is 1.10. The SMILES string of the molecule is N#Cc1cc(CN=C(I)C=CN)on1. The summed E-state index contributed by atoms with van der Waals surface area (Å²) in [5, 5.41) is 12.0. The van der Waals surface area contributed by atoms with Crippen molar-refractivity contribution in [1.29, 1.82) is 5.26 Å². The molecule has 0 aliphatic carbocycles. The monoisotopic (exact) mass is 302 g/mol. The van der Waals surface area contributed by atoms with E-state index in [2.05, 4.69) is 10.1 Å². The van der Waals surface area contributed by atoms with Gasteiger partial charge in [-0.3, -0.25) is 4.99 Å². The van der Waals surface area contributed by atoms with E-state index in [0.29, 0.717) is 12.3 Å². The molecule has 0 radical (unpaired) electrons. The molecule has 0 aromatic carbocycles. The van der Waals surface area contributed by atoms with E-state index in [1.54, 1.807) is 12.1 Å². The van der Waals surface area contributed by atoms with Crippen molar-refractivity contribution in [1.82, 2.24) is 5.16 Å². The van der Waals surface area contributed by atoms with Crippen LogP contribution in [-0.2, 0) is 6.54 Å². The minimum absolute atomic E-state index is 0.263. The summed E-state index contributed by atoms with van der Waals surface area (Å²) in [4.78, 5) is 4.13. The van der Waals surface area contributed by atoms with Gasteiger partial charge in [0, 0.05) is 6.07 Å². The lowest BCUT2D eigenvalue weighted by molar-refractivity contribution is 0.383. The molecular formula is C8H7IN4O. The summed E-state index contributed by atoms with van der Waals surface area (Å²) in [6, 6.07) is 3.43. The molecule has 1 rings (SSSR count). The van der Waals surface area contributed by atoms with Crippen LogP contribution in [0, 0.1) is 11.3 Å². The summed E-state index contributed by atoms with van der Waals surface area (Å²) in [5.41, 5.74) is 5.44. The first-order chi connectivity index (χ1) is 6.76. The Bertz CT molecular complexity index is 402. The van der Waals surface area contributed by atoms with Gasteiger partial charge in [0.1, 0.15) is 12.6 Å². The lowest BCUT2D eigenvalue weighted by atomic mass is 10.4. The molecule has 0 fully saturated rings. The van der Waals surface area contributed by atoms with Crippen LogP contribution < -0.4 is 5.73 Å². The number of aliphatic imine (C=N–C) groups is 1. The van der Waals surface area contributed by atoms with E-state index in [4.69, 9.17) is 15.5 Å². The number of nitrogens with two attached hydrogens (primary N) is 1. The molecule has 0 aliphatic rings. The number of rotatable bonds is 3. The van der Waals surface area contributed by atoms with Crippen molar-refractivity contribution in [3.63, 3.8) is 0 Å². The molecule has 0 aliphatic heterocycles. The van der Waals surface area contributed by atoms with Crippen LogP contribution in [-0.4, -0.2) is 8.88 Å². The highest BCUT2D eigenvalue weighted by Gasteiger charge is 2.01. The minimum atomic E-state index is 0.263. The Morgan fingerprint density at radius 1 is 1.86 bits per heavy atom. The summed E-state index contributed by atoms with van der Waals surface area (Å²) in [7, 11) is 0. The molecule has 0 bridgehead atoms. The number of hydrogen-bond donors (Lipinski definition) is 1. The van der Waals surface area contributed by atoms with Gasteiger partial charge in [-0.1, -0.05) is 5.16 Å². The molecule has 0 amide bonds. The van der Waals surface area contributed by atoms with Gasteiger partial charge in [-0.15, -0.1) is 0 Å². The molecule has 72 valence electrons. The first kappa shape index (κ1) is 10.7. The van der Waals surface area contributed by atoms with Crippen LogP contribution in [0.4, 0.5) is 0 Å². The van der Waals surface area contributed by atoms with Crippen LogP contribution in [0.1, 0.15) is 11.5 Å². The third-order valence-electron chi connectivity index (χ3n) is 1.29. The fraction of sp³-hybridized carbons (Fsp3) is 0.125. The van der Waals surface area contributed by atoms with E-state index >= 15 is 0 Å². The first-order valence-electron chi connectivity index (χ1n) is 3.70. The molecule has 0 saturated heterocycles. The number of halogens is 1. The van der Waals surface area contributed by atoms with E-state index in [9.17, 15) is 0 Å². The van der Waals surface area contributed by atoms with Gasteiger partial charge in [-0.05, 0) is 34.9 Å². The van der Waals surface area contributed by atoms with Gasteiger partial charge in [-0.25, -0.2) is 0 Å². The average Bonchev–Trinajstić information content (AvgIpc) is 2.63. The van der Waals surface area contributed by atoms with Crippen molar-refractivity contribution in [3.8, 4) is 6.07 Å². The van der Waals surface area contributed by atoms with E-state index < -0.39 is 0 Å². The molecule has 5 nitrogen and oxygen atoms in total. The second-order valence-corrected chi connectivity index (χ2v) is 3.39. The third-order valence-corrected chi connectivity index (χ3v) is 1.99. The number of hydrogen-bond acceptors (Lipinski definition) is 5. The van der Waals surface area contributed by atoms with E-state index in [1.807, 2.05) is 28.7 Å². The van der Waals surface area contributed by atoms with Gasteiger partial charge < -0.3 is 10.3 Å². The predicted octanol–water partition coefficient (Wildman–Crippen LogP) is 1.35. The molecule has 1 heterocycles. The Kier molecular flexibility index (Phi) is 4.12. The highest BCUT2D eigenvalue weighted by molar-refractivity contribution is 14.1. The Morgan fingerprint density at radius 2 is 2.64 bits per heavy atom. The van der Waals surface area contributed by atoms with Gasteiger partial charge in [0.25, 0.3) is 0 Å². The summed E-state index contributed by atoms with van der Waals surface area (Å²) in [5.74, 6) is 0.557. The third kappa shape index (κ3) is 3.18. The van der Waals surface area contributed by atoms with Crippen LogP contribution in [0.2, 0.25) is 0 Å². The van der Waals surface area contributed by atoms with E-state index in [-0.39, 0.29) is 5.69 Å². The largest absolute Gasteiger partial charge is 0.405 e. The molecule has 1 aromatic heterocycles. The van der Waals surface area contributed by atoms with Crippen molar-refractivity contribution in [2.24, 2.45) is 10.7 Å². The summed E-state index contributed by atoms with van der Waals surface area (Å²) < 4.78 is 5.61. The van der Waals surface area contributed by atoms with Crippen molar-refractivity contribution < 1.29 is 4.52 Å². The highest BCUT2D eigenvalue weighted by atomic mass is 127. The summed E-state index contributed by atoms with van der Waals surface area (Å²) >= 11 is 2.04. The lowest BCUT2D eigenvalue weighted by Crippen LogP contribution is -1.85. The highest BCUT2D eigenvalue weighted by Crippen LogP contribution is 2.05. The molecule has 0 saturated carbocycles. The number of nitrogens with zero attached hydrogens (tertiary/aromatic N) is 3. The zero-order valence-corrected chi connectivity index (χ0v) is 9.30. The maximum absolute atomic E-state index is 8.48. The van der Waals surface area contributed by atoms with Crippen LogP contribution >= 0.6 is 22.6 Å². The summed E-state index contributed by atoms with van der Waals surface area (Å²) in [6.45, 7) is 0.358. The Hall–Kier alpha value is -1.36. The molecule has 0 spiro atoms. The second kappa shape index (κ2) is 5.39. The molecular weight excluding hydrogens is 295 g/mol. The first-order valence-corrected chi connectivity index (χ1v) is 4.78. The van der Waals surface area contributed by atoms with Crippen LogP contribution in [0.5, 0.6) is 0 Å². The smallest absolute Gasteiger partial charge is 0.183 e. The Balaban J connectivity index is 2.62. The van der Waals surface area contributed by atoms with Gasteiger partial charge >= 0.3 is 0 Å². The quantitative estimate of drug-likeness (QED) is 0.674. The van der Waals surface area contributed by atoms with E-state index in [1.165, 1.54) is 6.20 Å². The van der Waals surface area contributed by atoms with Crippen molar-refractivity contribution in [2.45, 2.75) is 6.54 Å². The fourth-order valence-electron chi connectivity index (χ4n) is 0.726. The van der Waals surface area contributed by atoms with Gasteiger partial charge in [-0.2, -0.15) is 5.26 Å². The van der Waals surface area contributed by atoms with Crippen LogP contribution in [0.25, 0.3) is 0 Å². The minimum Gasteiger partial charge on any atom is -0.405 e. The van der Waals surface area contributed by atoms with Crippen LogP contribution in [0.15, 0.2) is 27.9 Å². The van der Waals surface area contributed by atoms with Gasteiger partial charge in [0.05, 0.1) is 3.72 Å². The van der Waals surface area contributed by atoms with Gasteiger partial charge in [0.2, 0.25) is 0 Å². The zero-order chi connectivity index (χ0) is 10.4. The molecule has 6 heteroatoms. The maximum Gasteiger partial charge on any atom is 0.183 e. The topological polar surface area (TPSA) is 88.2 Å². The number of nitriles is 1. The Morgan fingerprint density at radius 3 is 3.21 bits per heavy atom. The molecule has 0 unspecified atom stereocenters. The standard InChI is InChI=1S/C8H7IN4O/c9-8(1-2-10)12-5-7-3-6(4-11)13-14-7/h1-3H,5,10H2. The summed E-state index contributed by atoms with van der Waals surface area (Å²) in [6.07, 6.45) is 3.08. The number of allylic oxidation sites excluding steroid dienone is 1. The predicted molar refractivity (Wildman–Crippen MR) is 59.7 cm³/mol. The van der Waals surface area contributed by atoms with Crippen LogP contribution in [0.3, 0.4) is 0 Å². The van der Waals surface area contributed by atoms with Crippen molar-refractivity contribution in [2.75, 3.05) is 0 Å². The molecule has 0 atom stereocenters. The normalized spacial score (nSPS) is 11.9. The number of aromatic nitrogens is 1. The molecule has 14 heavy (non-hydrogen) atoms. The Labute approximate surface area is 94.4 Å². The average molecular weight is 302 g/mol. The van der Waals surface area contributed by atoms with Crippen molar-refractivity contribution >= 4 is 26.3 Å².